The predicted molar refractivity (Wildman–Crippen MR) is 73.4 cm³/mol. The van der Waals surface area contributed by atoms with Crippen molar-refractivity contribution in [1.29, 1.82) is 5.26 Å². The maximum absolute atomic E-state index is 13.7. The molecule has 0 spiro atoms. The van der Waals surface area contributed by atoms with Gasteiger partial charge in [-0.15, -0.1) is 0 Å². The molecule has 0 unspecified atom stereocenters. The first-order valence-corrected chi connectivity index (χ1v) is 6.03. The number of nitriles is 1. The Balaban J connectivity index is 2.26. The largest absolute Gasteiger partial charge is 0.379 e. The second kappa shape index (κ2) is 6.01. The quantitative estimate of drug-likeness (QED) is 0.907. The van der Waals surface area contributed by atoms with Crippen molar-refractivity contribution in [2.45, 2.75) is 6.54 Å². The minimum absolute atomic E-state index is 0.0575. The highest BCUT2D eigenvalue weighted by atomic mass is 19.1. The van der Waals surface area contributed by atoms with Crippen LogP contribution in [-0.2, 0) is 6.54 Å². The number of nitrogens with one attached hydrogen (secondary N) is 1. The van der Waals surface area contributed by atoms with Gasteiger partial charge in [0.15, 0.2) is 0 Å². The number of nitrogens with two attached hydrogens (primary N) is 1. The molecule has 0 aliphatic heterocycles. The number of carbonyl (C=O) groups is 1. The zero-order chi connectivity index (χ0) is 15.4. The molecule has 0 saturated carbocycles. The summed E-state index contributed by atoms with van der Waals surface area (Å²) in [4.78, 5) is 11.0. The van der Waals surface area contributed by atoms with Gasteiger partial charge in [0, 0.05) is 12.6 Å². The molecule has 0 aromatic heterocycles. The molecule has 2 aromatic rings. The minimum Gasteiger partial charge on any atom is -0.379 e. The maximum Gasteiger partial charge on any atom is 0.251 e. The summed E-state index contributed by atoms with van der Waals surface area (Å²) in [7, 11) is 0. The van der Waals surface area contributed by atoms with Crippen molar-refractivity contribution in [3.05, 3.63) is 64.7 Å². The number of hydrogen-bond donors (Lipinski definition) is 2. The first-order valence-electron chi connectivity index (χ1n) is 6.03. The van der Waals surface area contributed by atoms with Gasteiger partial charge in [-0.1, -0.05) is 18.2 Å². The number of halogens is 2. The molecule has 0 bridgehead atoms. The standard InChI is InChI=1S/C15H11F2N3O/c16-12-6-13(17)14(5-11(12)15(19)21)20-8-10-4-2-1-3-9(10)7-18/h1-6,20H,8H2,(H2,19,21). The van der Waals surface area contributed by atoms with Gasteiger partial charge in [-0.05, 0) is 17.7 Å². The number of rotatable bonds is 4. The number of anilines is 1. The first-order chi connectivity index (χ1) is 10.0. The van der Waals surface area contributed by atoms with Crippen LogP contribution in [0.25, 0.3) is 0 Å². The predicted octanol–water partition coefficient (Wildman–Crippen LogP) is 2.55. The van der Waals surface area contributed by atoms with Crippen molar-refractivity contribution < 1.29 is 13.6 Å². The Hall–Kier alpha value is -2.94. The van der Waals surface area contributed by atoms with E-state index in [2.05, 4.69) is 5.32 Å². The Kier molecular flexibility index (Phi) is 4.14. The van der Waals surface area contributed by atoms with Crippen LogP contribution in [0.1, 0.15) is 21.5 Å². The summed E-state index contributed by atoms with van der Waals surface area (Å²) in [5.74, 6) is -2.83. The molecule has 0 aliphatic rings. The van der Waals surface area contributed by atoms with Crippen LogP contribution in [0.3, 0.4) is 0 Å². The normalized spacial score (nSPS) is 9.95. The number of primary amides is 1. The van der Waals surface area contributed by atoms with Crippen LogP contribution in [0.15, 0.2) is 36.4 Å². The third-order valence-electron chi connectivity index (χ3n) is 2.93. The van der Waals surface area contributed by atoms with Gasteiger partial charge in [-0.25, -0.2) is 8.78 Å². The van der Waals surface area contributed by atoms with Crippen molar-refractivity contribution in [3.8, 4) is 6.07 Å². The smallest absolute Gasteiger partial charge is 0.251 e. The van der Waals surface area contributed by atoms with E-state index in [1.807, 2.05) is 6.07 Å². The third-order valence-corrected chi connectivity index (χ3v) is 2.93. The number of benzene rings is 2. The zero-order valence-corrected chi connectivity index (χ0v) is 10.9. The Bertz CT molecular complexity index is 738. The minimum atomic E-state index is -1.01. The van der Waals surface area contributed by atoms with Crippen LogP contribution < -0.4 is 11.1 Å². The van der Waals surface area contributed by atoms with E-state index in [1.165, 1.54) is 0 Å². The Morgan fingerprint density at radius 3 is 2.62 bits per heavy atom. The lowest BCUT2D eigenvalue weighted by molar-refractivity contribution is 0.0996. The number of amides is 1. The van der Waals surface area contributed by atoms with E-state index in [0.29, 0.717) is 17.2 Å². The van der Waals surface area contributed by atoms with E-state index in [-0.39, 0.29) is 12.2 Å². The highest BCUT2D eigenvalue weighted by Crippen LogP contribution is 2.20. The molecule has 4 nitrogen and oxygen atoms in total. The van der Waals surface area contributed by atoms with E-state index in [0.717, 1.165) is 6.07 Å². The summed E-state index contributed by atoms with van der Waals surface area (Å²) >= 11 is 0. The Labute approximate surface area is 119 Å². The van der Waals surface area contributed by atoms with Crippen molar-refractivity contribution in [3.63, 3.8) is 0 Å². The van der Waals surface area contributed by atoms with E-state index >= 15 is 0 Å². The van der Waals surface area contributed by atoms with Crippen molar-refractivity contribution >= 4 is 11.6 Å². The maximum atomic E-state index is 13.7. The molecule has 106 valence electrons. The van der Waals surface area contributed by atoms with Gasteiger partial charge >= 0.3 is 0 Å². The summed E-state index contributed by atoms with van der Waals surface area (Å²) in [6, 6.07) is 10.4. The summed E-state index contributed by atoms with van der Waals surface area (Å²) < 4.78 is 27.0. The molecule has 0 heterocycles. The van der Waals surface area contributed by atoms with Crippen molar-refractivity contribution in [2.75, 3.05) is 5.32 Å². The van der Waals surface area contributed by atoms with Crippen LogP contribution in [0.5, 0.6) is 0 Å². The summed E-state index contributed by atoms with van der Waals surface area (Å²) in [6.45, 7) is 0.157. The van der Waals surface area contributed by atoms with Gasteiger partial charge < -0.3 is 11.1 Å². The molecule has 0 radical (unpaired) electrons. The lowest BCUT2D eigenvalue weighted by atomic mass is 10.1. The second-order valence-electron chi connectivity index (χ2n) is 4.30. The fourth-order valence-electron chi connectivity index (χ4n) is 1.85. The van der Waals surface area contributed by atoms with Gasteiger partial charge in [0.1, 0.15) is 11.6 Å². The number of nitrogens with zero attached hydrogens (tertiary/aromatic N) is 1. The molecule has 0 saturated heterocycles. The van der Waals surface area contributed by atoms with Crippen molar-refractivity contribution in [1.82, 2.24) is 0 Å². The highest BCUT2D eigenvalue weighted by molar-refractivity contribution is 5.94. The molecule has 6 heteroatoms. The highest BCUT2D eigenvalue weighted by Gasteiger charge is 2.14. The SMILES string of the molecule is N#Cc1ccccc1CNc1cc(C(N)=O)c(F)cc1F. The third kappa shape index (κ3) is 3.15. The van der Waals surface area contributed by atoms with E-state index in [9.17, 15) is 13.6 Å². The molecule has 1 amide bonds. The monoisotopic (exact) mass is 287 g/mol. The van der Waals surface area contributed by atoms with Gasteiger partial charge in [0.2, 0.25) is 0 Å². The Morgan fingerprint density at radius 1 is 1.24 bits per heavy atom. The van der Waals surface area contributed by atoms with E-state index in [4.69, 9.17) is 11.0 Å². The van der Waals surface area contributed by atoms with Crippen LogP contribution in [0.2, 0.25) is 0 Å². The molecular formula is C15H11F2N3O. The van der Waals surface area contributed by atoms with Crippen LogP contribution in [0, 0.1) is 23.0 Å². The average molecular weight is 287 g/mol. The number of hydrogen-bond acceptors (Lipinski definition) is 3. The summed E-state index contributed by atoms with van der Waals surface area (Å²) in [6.07, 6.45) is 0. The van der Waals surface area contributed by atoms with Gasteiger partial charge in [-0.3, -0.25) is 4.79 Å². The van der Waals surface area contributed by atoms with Crippen molar-refractivity contribution in [2.24, 2.45) is 5.73 Å². The van der Waals surface area contributed by atoms with Crippen LogP contribution in [-0.4, -0.2) is 5.91 Å². The Morgan fingerprint density at radius 2 is 1.95 bits per heavy atom. The second-order valence-corrected chi connectivity index (χ2v) is 4.30. The summed E-state index contributed by atoms with van der Waals surface area (Å²) in [5, 5.41) is 11.7. The van der Waals surface area contributed by atoms with E-state index < -0.39 is 23.1 Å². The molecule has 0 atom stereocenters. The molecule has 3 N–H and O–H groups in total. The molecule has 2 aromatic carbocycles. The fraction of sp³-hybridized carbons (Fsp3) is 0.0667. The van der Waals surface area contributed by atoms with Gasteiger partial charge in [-0.2, -0.15) is 5.26 Å². The molecular weight excluding hydrogens is 276 g/mol. The van der Waals surface area contributed by atoms with Crippen LogP contribution in [0.4, 0.5) is 14.5 Å². The molecule has 2 rings (SSSR count). The molecule has 0 aliphatic carbocycles. The lowest BCUT2D eigenvalue weighted by Crippen LogP contribution is -2.14. The molecule has 0 fully saturated rings. The topological polar surface area (TPSA) is 78.9 Å². The lowest BCUT2D eigenvalue weighted by Gasteiger charge is -2.10. The first kappa shape index (κ1) is 14.5. The molecule has 21 heavy (non-hydrogen) atoms. The van der Waals surface area contributed by atoms with Crippen LogP contribution >= 0.6 is 0 Å². The fourth-order valence-corrected chi connectivity index (χ4v) is 1.85. The number of carbonyl (C=O) groups excluding carboxylic acids is 1. The van der Waals surface area contributed by atoms with E-state index in [1.54, 1.807) is 24.3 Å². The summed E-state index contributed by atoms with van der Waals surface area (Å²) in [5.41, 5.74) is 5.66. The van der Waals surface area contributed by atoms with Gasteiger partial charge in [0.25, 0.3) is 5.91 Å². The average Bonchev–Trinajstić information content (AvgIpc) is 2.46. The van der Waals surface area contributed by atoms with Gasteiger partial charge in [0.05, 0.1) is 22.9 Å². The zero-order valence-electron chi connectivity index (χ0n) is 10.9.